The molecule has 1 aliphatic rings. The Bertz CT molecular complexity index is 678. The van der Waals surface area contributed by atoms with Crippen LogP contribution in [0.5, 0.6) is 5.75 Å². The van der Waals surface area contributed by atoms with E-state index in [0.717, 1.165) is 34.7 Å². The van der Waals surface area contributed by atoms with E-state index in [2.05, 4.69) is 6.07 Å². The number of rotatable bonds is 4. The number of phenols is 1. The minimum absolute atomic E-state index is 0.0361. The van der Waals surface area contributed by atoms with E-state index in [0.29, 0.717) is 12.4 Å². The Labute approximate surface area is 123 Å². The van der Waals surface area contributed by atoms with Crippen molar-refractivity contribution < 1.29 is 19.4 Å². The lowest BCUT2D eigenvalue weighted by atomic mass is 10.0. The summed E-state index contributed by atoms with van der Waals surface area (Å²) in [5, 5.41) is 12.3. The van der Waals surface area contributed by atoms with Gasteiger partial charge >= 0.3 is 5.97 Å². The fourth-order valence-electron chi connectivity index (χ4n) is 2.92. The Morgan fingerprint density at radius 3 is 2.95 bits per heavy atom. The van der Waals surface area contributed by atoms with Gasteiger partial charge in [0.05, 0.1) is 12.7 Å². The molecule has 0 aliphatic heterocycles. The van der Waals surface area contributed by atoms with Crippen LogP contribution in [0, 0.1) is 0 Å². The summed E-state index contributed by atoms with van der Waals surface area (Å²) in [6.45, 7) is 2.02. The molecule has 0 fully saturated rings. The minimum atomic E-state index is -0.297. The Kier molecular flexibility index (Phi) is 3.80. The molecule has 1 aliphatic carbocycles. The molecule has 0 spiro atoms. The fourth-order valence-corrected chi connectivity index (χ4v) is 2.92. The Morgan fingerprint density at radius 1 is 1.33 bits per heavy atom. The number of ether oxygens (including phenoxy) is 2. The first kappa shape index (κ1) is 13.9. The van der Waals surface area contributed by atoms with E-state index in [4.69, 9.17) is 9.47 Å². The summed E-state index contributed by atoms with van der Waals surface area (Å²) in [7, 11) is 0. The fraction of sp³-hybridized carbons (Fsp3) is 0.353. The lowest BCUT2D eigenvalue weighted by Crippen LogP contribution is -2.10. The van der Waals surface area contributed by atoms with Crippen molar-refractivity contribution in [2.75, 3.05) is 13.2 Å². The Morgan fingerprint density at radius 2 is 2.14 bits per heavy atom. The van der Waals surface area contributed by atoms with E-state index in [1.807, 2.05) is 24.3 Å². The van der Waals surface area contributed by atoms with Crippen LogP contribution in [-0.2, 0) is 20.7 Å². The minimum Gasteiger partial charge on any atom is -0.507 e. The van der Waals surface area contributed by atoms with Gasteiger partial charge in [0.25, 0.3) is 0 Å². The number of esters is 1. The zero-order chi connectivity index (χ0) is 14.8. The van der Waals surface area contributed by atoms with Gasteiger partial charge in [-0.15, -0.1) is 0 Å². The second kappa shape index (κ2) is 5.74. The molecule has 0 saturated heterocycles. The molecule has 0 amide bonds. The van der Waals surface area contributed by atoms with Crippen molar-refractivity contribution in [1.82, 2.24) is 0 Å². The average Bonchev–Trinajstić information content (AvgIpc) is 2.87. The van der Waals surface area contributed by atoms with Crippen molar-refractivity contribution in [3.05, 3.63) is 41.5 Å². The van der Waals surface area contributed by atoms with Crippen LogP contribution in [0.25, 0.3) is 10.8 Å². The Hall–Kier alpha value is -2.07. The first-order chi connectivity index (χ1) is 10.2. The van der Waals surface area contributed by atoms with Crippen LogP contribution in [0.15, 0.2) is 30.3 Å². The monoisotopic (exact) mass is 286 g/mol. The van der Waals surface area contributed by atoms with Crippen molar-refractivity contribution >= 4 is 16.7 Å². The molecule has 0 heterocycles. The molecule has 0 aromatic heterocycles. The molecule has 110 valence electrons. The van der Waals surface area contributed by atoms with Crippen molar-refractivity contribution in [2.24, 2.45) is 0 Å². The number of fused-ring (bicyclic) bond motifs is 2. The number of benzene rings is 2. The Balaban J connectivity index is 1.80. The smallest absolute Gasteiger partial charge is 0.302 e. The summed E-state index contributed by atoms with van der Waals surface area (Å²) in [6, 6.07) is 9.90. The third kappa shape index (κ3) is 2.72. The maximum Gasteiger partial charge on any atom is 0.302 e. The highest BCUT2D eigenvalue weighted by Gasteiger charge is 2.26. The van der Waals surface area contributed by atoms with Gasteiger partial charge in [-0.2, -0.15) is 0 Å². The van der Waals surface area contributed by atoms with Crippen molar-refractivity contribution in [3.8, 4) is 5.75 Å². The van der Waals surface area contributed by atoms with Gasteiger partial charge in [0, 0.05) is 17.9 Å². The largest absolute Gasteiger partial charge is 0.507 e. The second-order valence-corrected chi connectivity index (χ2v) is 5.25. The summed E-state index contributed by atoms with van der Waals surface area (Å²) in [5.74, 6) is 0.0725. The van der Waals surface area contributed by atoms with E-state index >= 15 is 0 Å². The highest BCUT2D eigenvalue weighted by atomic mass is 16.6. The van der Waals surface area contributed by atoms with Crippen LogP contribution in [0.1, 0.15) is 30.6 Å². The highest BCUT2D eigenvalue weighted by Crippen LogP contribution is 2.42. The van der Waals surface area contributed by atoms with Gasteiger partial charge in [-0.1, -0.05) is 24.3 Å². The van der Waals surface area contributed by atoms with Gasteiger partial charge < -0.3 is 14.6 Å². The molecule has 2 aromatic rings. The van der Waals surface area contributed by atoms with Crippen LogP contribution in [0.3, 0.4) is 0 Å². The van der Waals surface area contributed by atoms with Crippen LogP contribution < -0.4 is 0 Å². The van der Waals surface area contributed by atoms with Gasteiger partial charge in [-0.3, -0.25) is 4.79 Å². The third-order valence-corrected chi connectivity index (χ3v) is 3.87. The molecule has 0 bridgehead atoms. The number of hydrogen-bond acceptors (Lipinski definition) is 4. The van der Waals surface area contributed by atoms with Crippen molar-refractivity contribution in [3.63, 3.8) is 0 Å². The van der Waals surface area contributed by atoms with Gasteiger partial charge in [0.1, 0.15) is 12.4 Å². The quantitative estimate of drug-likeness (QED) is 0.693. The molecule has 1 unspecified atom stereocenters. The van der Waals surface area contributed by atoms with Crippen LogP contribution >= 0.6 is 0 Å². The molecule has 1 atom stereocenters. The van der Waals surface area contributed by atoms with Gasteiger partial charge in [-0.05, 0) is 29.9 Å². The predicted molar refractivity (Wildman–Crippen MR) is 79.3 cm³/mol. The molecule has 0 saturated carbocycles. The number of aromatic hydroxyl groups is 1. The van der Waals surface area contributed by atoms with E-state index in [1.165, 1.54) is 6.92 Å². The van der Waals surface area contributed by atoms with Crippen LogP contribution in [0.4, 0.5) is 0 Å². The van der Waals surface area contributed by atoms with E-state index in [-0.39, 0.29) is 18.7 Å². The standard InChI is InChI=1S/C17H18O4/c1-11(18)20-8-9-21-16-7-6-14-15(16)10-12-4-2-3-5-13(12)17(14)19/h2-5,10,16,19H,6-9H2,1H3. The molecule has 4 heteroatoms. The topological polar surface area (TPSA) is 55.8 Å². The molecule has 0 radical (unpaired) electrons. The van der Waals surface area contributed by atoms with E-state index in [1.54, 1.807) is 0 Å². The molecule has 3 rings (SSSR count). The number of phenolic OH excluding ortho intramolecular Hbond substituents is 1. The molecule has 2 aromatic carbocycles. The predicted octanol–water partition coefficient (Wildman–Crippen LogP) is 3.11. The van der Waals surface area contributed by atoms with Gasteiger partial charge in [0.2, 0.25) is 0 Å². The summed E-state index contributed by atoms with van der Waals surface area (Å²) >= 11 is 0. The molecular weight excluding hydrogens is 268 g/mol. The van der Waals surface area contributed by atoms with Crippen molar-refractivity contribution in [2.45, 2.75) is 25.9 Å². The lowest BCUT2D eigenvalue weighted by Gasteiger charge is -2.14. The highest BCUT2D eigenvalue weighted by molar-refractivity contribution is 5.90. The number of carbonyl (C=O) groups excluding carboxylic acids is 1. The summed E-state index contributed by atoms with van der Waals surface area (Å²) in [6.07, 6.45) is 1.62. The molecular formula is C17H18O4. The average molecular weight is 286 g/mol. The van der Waals surface area contributed by atoms with Crippen LogP contribution in [0.2, 0.25) is 0 Å². The summed E-state index contributed by atoms with van der Waals surface area (Å²) in [4.78, 5) is 10.7. The molecule has 1 N–H and O–H groups in total. The van der Waals surface area contributed by atoms with Gasteiger partial charge in [0.15, 0.2) is 0 Å². The first-order valence-corrected chi connectivity index (χ1v) is 7.15. The van der Waals surface area contributed by atoms with Crippen molar-refractivity contribution in [1.29, 1.82) is 0 Å². The molecule has 4 nitrogen and oxygen atoms in total. The maximum atomic E-state index is 10.7. The zero-order valence-electron chi connectivity index (χ0n) is 12.0. The SMILES string of the molecule is CC(=O)OCCOC1CCc2c1cc1ccccc1c2O. The maximum absolute atomic E-state index is 10.7. The van der Waals surface area contributed by atoms with Crippen LogP contribution in [-0.4, -0.2) is 24.3 Å². The number of hydrogen-bond donors (Lipinski definition) is 1. The normalized spacial score (nSPS) is 16.9. The summed E-state index contributed by atoms with van der Waals surface area (Å²) < 4.78 is 10.7. The first-order valence-electron chi connectivity index (χ1n) is 7.15. The second-order valence-electron chi connectivity index (χ2n) is 5.25. The molecule has 21 heavy (non-hydrogen) atoms. The lowest BCUT2D eigenvalue weighted by molar-refractivity contribution is -0.143. The van der Waals surface area contributed by atoms with E-state index < -0.39 is 0 Å². The van der Waals surface area contributed by atoms with E-state index in [9.17, 15) is 9.90 Å². The van der Waals surface area contributed by atoms with Gasteiger partial charge in [-0.25, -0.2) is 0 Å². The zero-order valence-corrected chi connectivity index (χ0v) is 12.0. The number of carbonyl (C=O) groups is 1. The third-order valence-electron chi connectivity index (χ3n) is 3.87. The summed E-state index contributed by atoms with van der Waals surface area (Å²) in [5.41, 5.74) is 2.03.